The van der Waals surface area contributed by atoms with Crippen molar-refractivity contribution in [1.29, 1.82) is 0 Å². The fraction of sp³-hybridized carbons (Fsp3) is 0.875. The van der Waals surface area contributed by atoms with Crippen LogP contribution in [0.1, 0.15) is 64.2 Å². The van der Waals surface area contributed by atoms with Gasteiger partial charge in [0.25, 0.3) is 0 Å². The van der Waals surface area contributed by atoms with E-state index in [0.29, 0.717) is 4.31 Å². The van der Waals surface area contributed by atoms with Gasteiger partial charge in [-0.05, 0) is 51.4 Å². The molecule has 0 aromatic heterocycles. The number of rotatable bonds is 7. The zero-order valence-electron chi connectivity index (χ0n) is 14.3. The van der Waals surface area contributed by atoms with E-state index in [1.165, 1.54) is 0 Å². The molecule has 9 heteroatoms. The van der Waals surface area contributed by atoms with Crippen LogP contribution in [-0.4, -0.2) is 50.0 Å². The third kappa shape index (κ3) is 7.50. The Bertz CT molecular complexity index is 521. The van der Waals surface area contributed by atoms with Gasteiger partial charge in [-0.25, -0.2) is 0 Å². The van der Waals surface area contributed by atoms with E-state index in [9.17, 15) is 18.0 Å². The molecule has 0 atom stereocenters. The molecular weight excluding hydrogens is 370 g/mol. The lowest BCUT2D eigenvalue weighted by atomic mass is 9.98. The monoisotopic (exact) mass is 395 g/mol. The van der Waals surface area contributed by atoms with Crippen LogP contribution in [0.5, 0.6) is 0 Å². The average Bonchev–Trinajstić information content (AvgIpc) is 2.55. The van der Waals surface area contributed by atoms with Crippen LogP contribution in [0, 0.1) is 0 Å². The van der Waals surface area contributed by atoms with Crippen LogP contribution < -0.4 is 0 Å². The Kier molecular flexibility index (Phi) is 7.96. The third-order valence-electron chi connectivity index (χ3n) is 4.62. The summed E-state index contributed by atoms with van der Waals surface area (Å²) < 4.78 is 34.5. The quantitative estimate of drug-likeness (QED) is 0.486. The average molecular weight is 396 g/mol. The van der Waals surface area contributed by atoms with Crippen LogP contribution in [0.2, 0.25) is 0 Å². The highest BCUT2D eigenvalue weighted by Crippen LogP contribution is 2.22. The van der Waals surface area contributed by atoms with E-state index < -0.39 is 34.3 Å². The molecule has 0 saturated heterocycles. The van der Waals surface area contributed by atoms with Crippen molar-refractivity contribution in [2.24, 2.45) is 0 Å². The van der Waals surface area contributed by atoms with Gasteiger partial charge in [0.05, 0.1) is 0 Å². The zero-order chi connectivity index (χ0) is 18.3. The molecule has 0 radical (unpaired) electrons. The Morgan fingerprint density at radius 1 is 0.800 bits per heavy atom. The number of carbonyl (C=O) groups is 2. The fourth-order valence-electron chi connectivity index (χ4n) is 3.31. The van der Waals surface area contributed by atoms with Crippen molar-refractivity contribution in [1.82, 2.24) is 4.31 Å². The highest BCUT2D eigenvalue weighted by Gasteiger charge is 2.29. The van der Waals surface area contributed by atoms with Crippen molar-refractivity contribution >= 4 is 31.9 Å². The number of nitrogens with zero attached hydrogens (tertiary/aromatic N) is 1. The number of hydrogen-bond acceptors (Lipinski definition) is 6. The second-order valence-electron chi connectivity index (χ2n) is 6.71. The molecule has 2 fully saturated rings. The summed E-state index contributed by atoms with van der Waals surface area (Å²) in [6.45, 7) is -1.16. The minimum absolute atomic E-state index is 0.185. The van der Waals surface area contributed by atoms with E-state index in [2.05, 4.69) is 0 Å². The maximum Gasteiger partial charge on any atom is 0.321 e. The molecule has 0 aromatic rings. The third-order valence-corrected chi connectivity index (χ3v) is 6.08. The Morgan fingerprint density at radius 2 is 1.16 bits per heavy atom. The van der Waals surface area contributed by atoms with Crippen LogP contribution in [0.3, 0.4) is 0 Å². The van der Waals surface area contributed by atoms with Crippen LogP contribution in [-0.2, 0) is 28.3 Å². The molecule has 0 spiro atoms. The van der Waals surface area contributed by atoms with Gasteiger partial charge in [0.1, 0.15) is 25.3 Å². The van der Waals surface area contributed by atoms with Crippen molar-refractivity contribution in [3.8, 4) is 0 Å². The topological polar surface area (TPSA) is 90.0 Å². The van der Waals surface area contributed by atoms with Gasteiger partial charge in [-0.1, -0.05) is 12.8 Å². The second-order valence-corrected chi connectivity index (χ2v) is 9.22. The predicted molar refractivity (Wildman–Crippen MR) is 92.3 cm³/mol. The van der Waals surface area contributed by atoms with Crippen molar-refractivity contribution in [3.63, 3.8) is 0 Å². The molecule has 0 amide bonds. The smallest absolute Gasteiger partial charge is 0.321 e. The van der Waals surface area contributed by atoms with E-state index in [4.69, 9.17) is 20.2 Å². The molecule has 2 rings (SSSR count). The lowest BCUT2D eigenvalue weighted by molar-refractivity contribution is -0.153. The van der Waals surface area contributed by atoms with Gasteiger partial charge in [0.15, 0.2) is 0 Å². The molecule has 144 valence electrons. The summed E-state index contributed by atoms with van der Waals surface area (Å²) in [5, 5.41) is 0. The summed E-state index contributed by atoms with van der Waals surface area (Å²) in [5.74, 6) is -1.39. The van der Waals surface area contributed by atoms with Crippen molar-refractivity contribution in [3.05, 3.63) is 0 Å². The van der Waals surface area contributed by atoms with Crippen molar-refractivity contribution in [2.45, 2.75) is 76.4 Å². The largest absolute Gasteiger partial charge is 0.461 e. The highest BCUT2D eigenvalue weighted by atomic mass is 35.7. The van der Waals surface area contributed by atoms with E-state index >= 15 is 0 Å². The van der Waals surface area contributed by atoms with Crippen LogP contribution in [0.4, 0.5) is 0 Å². The van der Waals surface area contributed by atoms with Gasteiger partial charge in [-0.2, -0.15) is 12.7 Å². The maximum atomic E-state index is 12.0. The van der Waals surface area contributed by atoms with Gasteiger partial charge < -0.3 is 9.47 Å². The Labute approximate surface area is 153 Å². The normalized spacial score (nSPS) is 20.4. The predicted octanol–water partition coefficient (Wildman–Crippen LogP) is 2.52. The first-order chi connectivity index (χ1) is 11.8. The molecule has 0 bridgehead atoms. The van der Waals surface area contributed by atoms with E-state index in [-0.39, 0.29) is 12.2 Å². The summed E-state index contributed by atoms with van der Waals surface area (Å²) >= 11 is 0. The lowest BCUT2D eigenvalue weighted by Crippen LogP contribution is -2.40. The first-order valence-electron chi connectivity index (χ1n) is 8.93. The molecular formula is C16H26ClNO6S. The van der Waals surface area contributed by atoms with E-state index in [1.54, 1.807) is 0 Å². The van der Waals surface area contributed by atoms with Crippen molar-refractivity contribution in [2.75, 3.05) is 13.1 Å². The van der Waals surface area contributed by atoms with E-state index in [0.717, 1.165) is 64.2 Å². The molecule has 2 saturated carbocycles. The SMILES string of the molecule is O=C(CN(CC(=O)OC1CCCCC1)S(=O)(=O)Cl)OC1CCCCC1. The Hall–Kier alpha value is -0.860. The highest BCUT2D eigenvalue weighted by molar-refractivity contribution is 8.11. The van der Waals surface area contributed by atoms with Crippen LogP contribution in [0.15, 0.2) is 0 Å². The number of esters is 2. The first-order valence-corrected chi connectivity index (χ1v) is 11.2. The van der Waals surface area contributed by atoms with Gasteiger partial charge in [-0.3, -0.25) is 9.59 Å². The van der Waals surface area contributed by atoms with Crippen LogP contribution in [0.25, 0.3) is 0 Å². The number of carbonyl (C=O) groups excluding carboxylic acids is 2. The minimum atomic E-state index is -4.23. The van der Waals surface area contributed by atoms with Gasteiger partial charge in [0.2, 0.25) is 0 Å². The zero-order valence-corrected chi connectivity index (χ0v) is 15.9. The minimum Gasteiger partial charge on any atom is -0.461 e. The Morgan fingerprint density at radius 3 is 1.48 bits per heavy atom. The Balaban J connectivity index is 1.84. The molecule has 0 aromatic carbocycles. The van der Waals surface area contributed by atoms with Crippen LogP contribution >= 0.6 is 10.7 Å². The molecule has 0 N–H and O–H groups in total. The summed E-state index contributed by atoms with van der Waals surface area (Å²) in [6, 6.07) is 0. The molecule has 2 aliphatic rings. The molecule has 0 aliphatic heterocycles. The summed E-state index contributed by atoms with van der Waals surface area (Å²) in [7, 11) is 1.12. The summed E-state index contributed by atoms with van der Waals surface area (Å²) in [4.78, 5) is 24.0. The summed E-state index contributed by atoms with van der Waals surface area (Å²) in [6.07, 6.45) is 8.94. The lowest BCUT2D eigenvalue weighted by Gasteiger charge is -2.25. The number of ether oxygens (including phenoxy) is 2. The second kappa shape index (κ2) is 9.73. The summed E-state index contributed by atoms with van der Waals surface area (Å²) in [5.41, 5.74) is 0. The van der Waals surface area contributed by atoms with E-state index in [1.807, 2.05) is 0 Å². The molecule has 25 heavy (non-hydrogen) atoms. The first kappa shape index (κ1) is 20.5. The van der Waals surface area contributed by atoms with Gasteiger partial charge in [-0.15, -0.1) is 0 Å². The standard InChI is InChI=1S/C16H26ClNO6S/c17-25(21,22)18(11-15(19)23-13-7-3-1-4-8-13)12-16(20)24-14-9-5-2-6-10-14/h13-14H,1-12H2. The number of halogens is 1. The molecule has 0 unspecified atom stereocenters. The van der Waals surface area contributed by atoms with Gasteiger partial charge >= 0.3 is 21.2 Å². The molecule has 2 aliphatic carbocycles. The molecule has 7 nitrogen and oxygen atoms in total. The fourth-order valence-corrected chi connectivity index (χ4v) is 4.12. The maximum absolute atomic E-state index is 12.0. The van der Waals surface area contributed by atoms with Crippen molar-refractivity contribution < 1.29 is 27.5 Å². The number of hydrogen-bond donors (Lipinski definition) is 0. The molecule has 0 heterocycles. The van der Waals surface area contributed by atoms with Gasteiger partial charge in [0, 0.05) is 10.7 Å².